The van der Waals surface area contributed by atoms with Gasteiger partial charge in [-0.3, -0.25) is 4.57 Å². The summed E-state index contributed by atoms with van der Waals surface area (Å²) in [4.78, 5) is 4.59. The van der Waals surface area contributed by atoms with E-state index < -0.39 is 0 Å². The Morgan fingerprint density at radius 2 is 1.27 bits per heavy atom. The number of nitrogens with zero attached hydrogens (tertiary/aromatic N) is 2. The molecule has 1 heterocycles. The summed E-state index contributed by atoms with van der Waals surface area (Å²) in [6, 6.07) is 13.9. The number of hydrogen-bond acceptors (Lipinski definition) is 1. The lowest BCUT2D eigenvalue weighted by molar-refractivity contribution is 0.627. The fourth-order valence-corrected chi connectivity index (χ4v) is 4.27. The van der Waals surface area contributed by atoms with Crippen LogP contribution < -0.4 is 0 Å². The van der Waals surface area contributed by atoms with Crippen molar-refractivity contribution < 1.29 is 4.39 Å². The zero-order chi connectivity index (χ0) is 21.6. The van der Waals surface area contributed by atoms with Gasteiger partial charge in [-0.15, -0.1) is 0 Å². The van der Waals surface area contributed by atoms with E-state index in [1.54, 1.807) is 18.3 Å². The van der Waals surface area contributed by atoms with Gasteiger partial charge in [0.2, 0.25) is 0 Å². The molecule has 2 nitrogen and oxygen atoms in total. The Balaban J connectivity index is 1.84. The van der Waals surface area contributed by atoms with Crippen LogP contribution in [0.1, 0.15) is 33.4 Å². The topological polar surface area (TPSA) is 17.8 Å². The van der Waals surface area contributed by atoms with Crippen molar-refractivity contribution in [3.63, 3.8) is 0 Å². The number of aromatic nitrogens is 2. The zero-order valence-electron chi connectivity index (χ0n) is 18.5. The molecule has 152 valence electrons. The van der Waals surface area contributed by atoms with Gasteiger partial charge in [0.15, 0.2) is 0 Å². The highest BCUT2D eigenvalue weighted by atomic mass is 19.1. The van der Waals surface area contributed by atoms with E-state index in [1.807, 2.05) is 13.1 Å². The highest BCUT2D eigenvalue weighted by Gasteiger charge is 2.15. The van der Waals surface area contributed by atoms with Crippen LogP contribution in [0.4, 0.5) is 4.39 Å². The summed E-state index contributed by atoms with van der Waals surface area (Å²) in [5.74, 6) is 0.600. The predicted molar refractivity (Wildman–Crippen MR) is 123 cm³/mol. The van der Waals surface area contributed by atoms with Crippen molar-refractivity contribution in [3.8, 4) is 28.2 Å². The van der Waals surface area contributed by atoms with E-state index in [1.165, 1.54) is 45.0 Å². The van der Waals surface area contributed by atoms with Crippen molar-refractivity contribution in [2.45, 2.75) is 41.5 Å². The fourth-order valence-electron chi connectivity index (χ4n) is 4.27. The van der Waals surface area contributed by atoms with E-state index in [4.69, 9.17) is 0 Å². The SMILES string of the molecule is Cc1cc(F)ccc1-c1nccn1-c1c(C)cc(-c2cc(C)c(C)c(C)c2)cc1C. The van der Waals surface area contributed by atoms with Crippen LogP contribution in [0.2, 0.25) is 0 Å². The fraction of sp³-hybridized carbons (Fsp3) is 0.222. The maximum atomic E-state index is 13.6. The van der Waals surface area contributed by atoms with Gasteiger partial charge < -0.3 is 0 Å². The second-order valence-electron chi connectivity index (χ2n) is 8.27. The number of aryl methyl sites for hydroxylation is 5. The highest BCUT2D eigenvalue weighted by Crippen LogP contribution is 2.33. The number of halogens is 1. The molecule has 0 atom stereocenters. The molecule has 0 saturated heterocycles. The number of benzene rings is 3. The molecule has 30 heavy (non-hydrogen) atoms. The lowest BCUT2D eigenvalue weighted by atomic mass is 9.94. The highest BCUT2D eigenvalue weighted by molar-refractivity contribution is 5.72. The number of rotatable bonds is 3. The van der Waals surface area contributed by atoms with Crippen LogP contribution in [0.25, 0.3) is 28.2 Å². The van der Waals surface area contributed by atoms with Crippen molar-refractivity contribution in [1.29, 1.82) is 0 Å². The summed E-state index contributed by atoms with van der Waals surface area (Å²) < 4.78 is 15.7. The molecule has 4 aromatic rings. The third-order valence-electron chi connectivity index (χ3n) is 6.06. The minimum absolute atomic E-state index is 0.227. The summed E-state index contributed by atoms with van der Waals surface area (Å²) >= 11 is 0. The average molecular weight is 399 g/mol. The first-order chi connectivity index (χ1) is 14.3. The van der Waals surface area contributed by atoms with Crippen LogP contribution in [0.15, 0.2) is 54.9 Å². The van der Waals surface area contributed by atoms with Crippen LogP contribution in [0, 0.1) is 47.4 Å². The smallest absolute Gasteiger partial charge is 0.144 e. The van der Waals surface area contributed by atoms with E-state index in [-0.39, 0.29) is 5.82 Å². The van der Waals surface area contributed by atoms with Crippen LogP contribution in [0.3, 0.4) is 0 Å². The van der Waals surface area contributed by atoms with Gasteiger partial charge in [0.25, 0.3) is 0 Å². The molecular weight excluding hydrogens is 371 g/mol. The van der Waals surface area contributed by atoms with Crippen molar-refractivity contribution in [1.82, 2.24) is 9.55 Å². The molecule has 1 aromatic heterocycles. The van der Waals surface area contributed by atoms with Gasteiger partial charge in [0.05, 0.1) is 5.69 Å². The summed E-state index contributed by atoms with van der Waals surface area (Å²) in [5.41, 5.74) is 11.7. The molecule has 0 radical (unpaired) electrons. The van der Waals surface area contributed by atoms with Crippen LogP contribution in [-0.4, -0.2) is 9.55 Å². The molecule has 0 aliphatic heterocycles. The Hall–Kier alpha value is -3.20. The monoisotopic (exact) mass is 398 g/mol. The summed E-state index contributed by atoms with van der Waals surface area (Å²) in [7, 11) is 0. The maximum Gasteiger partial charge on any atom is 0.144 e. The summed E-state index contributed by atoms with van der Waals surface area (Å²) in [6.45, 7) is 12.7. The van der Waals surface area contributed by atoms with Crippen LogP contribution in [0.5, 0.6) is 0 Å². The zero-order valence-corrected chi connectivity index (χ0v) is 18.5. The molecule has 4 rings (SSSR count). The lowest BCUT2D eigenvalue weighted by Crippen LogP contribution is -2.03. The Morgan fingerprint density at radius 3 is 1.83 bits per heavy atom. The molecule has 0 aliphatic rings. The first kappa shape index (κ1) is 20.1. The van der Waals surface area contributed by atoms with E-state index in [0.29, 0.717) is 0 Å². The first-order valence-corrected chi connectivity index (χ1v) is 10.3. The molecule has 0 aliphatic carbocycles. The second kappa shape index (κ2) is 7.56. The second-order valence-corrected chi connectivity index (χ2v) is 8.27. The van der Waals surface area contributed by atoms with E-state index in [9.17, 15) is 4.39 Å². The summed E-state index contributed by atoms with van der Waals surface area (Å²) in [6.07, 6.45) is 3.78. The molecule has 3 heteroatoms. The number of hydrogen-bond donors (Lipinski definition) is 0. The largest absolute Gasteiger partial charge is 0.299 e. The normalized spacial score (nSPS) is 11.2. The predicted octanol–water partition coefficient (Wildman–Crippen LogP) is 7.20. The van der Waals surface area contributed by atoms with Crippen molar-refractivity contribution in [2.75, 3.05) is 0 Å². The van der Waals surface area contributed by atoms with Crippen molar-refractivity contribution in [3.05, 3.63) is 94.1 Å². The van der Waals surface area contributed by atoms with Crippen molar-refractivity contribution >= 4 is 0 Å². The average Bonchev–Trinajstić information content (AvgIpc) is 3.14. The standard InChI is InChI=1S/C27H27FN2/c1-16-11-22(12-17(2)21(16)6)23-13-19(4)26(20(5)14-23)30-10-9-29-27(30)25-8-7-24(28)15-18(25)3/h7-15H,1-6H3. The molecule has 0 spiro atoms. The Morgan fingerprint density at radius 1 is 0.700 bits per heavy atom. The van der Waals surface area contributed by atoms with E-state index in [0.717, 1.165) is 22.6 Å². The van der Waals surface area contributed by atoms with Gasteiger partial charge in [0, 0.05) is 18.0 Å². The van der Waals surface area contributed by atoms with E-state index >= 15 is 0 Å². The molecule has 0 unspecified atom stereocenters. The van der Waals surface area contributed by atoms with Gasteiger partial charge in [0.1, 0.15) is 11.6 Å². The molecule has 3 aromatic carbocycles. The minimum Gasteiger partial charge on any atom is -0.299 e. The minimum atomic E-state index is -0.227. The molecule has 0 fully saturated rings. The van der Waals surface area contributed by atoms with Gasteiger partial charge in [-0.2, -0.15) is 0 Å². The van der Waals surface area contributed by atoms with Gasteiger partial charge in [-0.05, 0) is 116 Å². The Labute approximate surface area is 178 Å². The van der Waals surface area contributed by atoms with Crippen LogP contribution >= 0.6 is 0 Å². The summed E-state index contributed by atoms with van der Waals surface area (Å²) in [5, 5.41) is 0. The Bertz CT molecular complexity index is 1220. The molecule has 0 N–H and O–H groups in total. The molecule has 0 amide bonds. The van der Waals surface area contributed by atoms with Gasteiger partial charge >= 0.3 is 0 Å². The third kappa shape index (κ3) is 3.45. The quantitative estimate of drug-likeness (QED) is 0.357. The van der Waals surface area contributed by atoms with Crippen molar-refractivity contribution in [2.24, 2.45) is 0 Å². The molecule has 0 bridgehead atoms. The molecule has 0 saturated carbocycles. The van der Waals surface area contributed by atoms with Crippen LogP contribution in [-0.2, 0) is 0 Å². The first-order valence-electron chi connectivity index (χ1n) is 10.3. The maximum absolute atomic E-state index is 13.6. The van der Waals surface area contributed by atoms with Gasteiger partial charge in [-0.1, -0.05) is 12.1 Å². The third-order valence-corrected chi connectivity index (χ3v) is 6.06. The van der Waals surface area contributed by atoms with Gasteiger partial charge in [-0.25, -0.2) is 9.37 Å². The lowest BCUT2D eigenvalue weighted by Gasteiger charge is -2.18. The number of imidazole rings is 1. The molecular formula is C27H27FN2. The Kier molecular flexibility index (Phi) is 5.07. The van der Waals surface area contributed by atoms with E-state index in [2.05, 4.69) is 68.4 Å².